The third-order valence-corrected chi connectivity index (χ3v) is 3.10. The molecular weight excluding hydrogens is 220 g/mol. The monoisotopic (exact) mass is 234 g/mol. The molecule has 1 aliphatic heterocycles. The zero-order valence-corrected chi connectivity index (χ0v) is 9.87. The first kappa shape index (κ1) is 11.3. The number of rotatable bonds is 6. The van der Waals surface area contributed by atoms with Gasteiger partial charge in [-0.3, -0.25) is 4.90 Å². The Balaban J connectivity index is 1.75. The van der Waals surface area contributed by atoms with Crippen LogP contribution >= 0.6 is 12.0 Å². The first-order valence-corrected chi connectivity index (χ1v) is 6.27. The Morgan fingerprint density at radius 1 is 1.25 bits per heavy atom. The fraction of sp³-hybridized carbons (Fsp3) is 0.417. The van der Waals surface area contributed by atoms with Crippen molar-refractivity contribution < 1.29 is 4.18 Å². The van der Waals surface area contributed by atoms with Crippen molar-refractivity contribution in [1.82, 2.24) is 4.90 Å². The Morgan fingerprint density at radius 3 is 2.56 bits per heavy atom. The molecular formula is C12H14N2OS. The zero-order valence-electron chi connectivity index (χ0n) is 9.06. The summed E-state index contributed by atoms with van der Waals surface area (Å²) in [5, 5.41) is 8.19. The molecule has 1 aromatic rings. The van der Waals surface area contributed by atoms with Gasteiger partial charge in [0.15, 0.2) is 0 Å². The second kappa shape index (κ2) is 5.78. The van der Waals surface area contributed by atoms with Crippen molar-refractivity contribution in [2.45, 2.75) is 13.0 Å². The average Bonchev–Trinajstić information content (AvgIpc) is 3.11. The first-order valence-electron chi connectivity index (χ1n) is 5.36. The van der Waals surface area contributed by atoms with Crippen LogP contribution in [0.5, 0.6) is 0 Å². The van der Waals surface area contributed by atoms with Crippen LogP contribution in [0.25, 0.3) is 0 Å². The summed E-state index contributed by atoms with van der Waals surface area (Å²) in [6.07, 6.45) is 2.59. The summed E-state index contributed by atoms with van der Waals surface area (Å²) < 4.78 is 4.56. The Labute approximate surface area is 100 Å². The number of hydrogen-bond acceptors (Lipinski definition) is 4. The summed E-state index contributed by atoms with van der Waals surface area (Å²) in [7, 11) is 0. The molecule has 4 heteroatoms. The molecule has 1 aliphatic rings. The largest absolute Gasteiger partial charge is 0.352 e. The highest BCUT2D eigenvalue weighted by Crippen LogP contribution is 2.14. The molecule has 0 N–H and O–H groups in total. The van der Waals surface area contributed by atoms with E-state index in [2.05, 4.69) is 33.3 Å². The van der Waals surface area contributed by atoms with Gasteiger partial charge in [-0.15, -0.1) is 5.26 Å². The van der Waals surface area contributed by atoms with E-state index < -0.39 is 0 Å². The molecule has 0 amide bonds. The highest BCUT2D eigenvalue weighted by molar-refractivity contribution is 7.94. The molecule has 0 spiro atoms. The molecule has 0 atom stereocenters. The molecule has 1 aromatic carbocycles. The van der Waals surface area contributed by atoms with E-state index >= 15 is 0 Å². The van der Waals surface area contributed by atoms with Crippen LogP contribution in [0.2, 0.25) is 0 Å². The van der Waals surface area contributed by atoms with Crippen LogP contribution in [0, 0.1) is 11.5 Å². The van der Waals surface area contributed by atoms with E-state index in [1.807, 2.05) is 0 Å². The lowest BCUT2D eigenvalue weighted by molar-refractivity contribution is 0.556. The van der Waals surface area contributed by atoms with Gasteiger partial charge >= 0.3 is 0 Å². The van der Waals surface area contributed by atoms with E-state index in [9.17, 15) is 0 Å². The molecule has 3 nitrogen and oxygen atoms in total. The summed E-state index contributed by atoms with van der Waals surface area (Å²) in [4.78, 5) is 2.39. The van der Waals surface area contributed by atoms with Crippen LogP contribution in [-0.2, 0) is 17.1 Å². The first-order chi connectivity index (χ1) is 7.88. The smallest absolute Gasteiger partial charge is 0.299 e. The van der Waals surface area contributed by atoms with Gasteiger partial charge < -0.3 is 4.18 Å². The van der Waals surface area contributed by atoms with E-state index in [-0.39, 0.29) is 0 Å². The minimum absolute atomic E-state index is 0.818. The van der Waals surface area contributed by atoms with E-state index in [4.69, 9.17) is 5.26 Å². The van der Waals surface area contributed by atoms with Crippen LogP contribution in [0.15, 0.2) is 24.3 Å². The Hall–Kier alpha value is -1.18. The van der Waals surface area contributed by atoms with Gasteiger partial charge in [0.2, 0.25) is 0 Å². The van der Waals surface area contributed by atoms with Gasteiger partial charge in [-0.25, -0.2) is 0 Å². The predicted molar refractivity (Wildman–Crippen MR) is 64.6 cm³/mol. The number of nitrogens with zero attached hydrogens (tertiary/aromatic N) is 2. The van der Waals surface area contributed by atoms with Crippen molar-refractivity contribution in [3.8, 4) is 6.26 Å². The standard InChI is InChI=1S/C12H14N2OS/c13-10-15-16-8-5-11-1-3-12(4-2-11)9-14-6-7-14/h1-4H,5-9H2. The summed E-state index contributed by atoms with van der Waals surface area (Å²) >= 11 is 1.20. The third kappa shape index (κ3) is 3.76. The predicted octanol–water partition coefficient (Wildman–Crippen LogP) is 2.19. The minimum Gasteiger partial charge on any atom is -0.352 e. The lowest BCUT2D eigenvalue weighted by Gasteiger charge is -2.03. The normalized spacial score (nSPS) is 14.4. The maximum absolute atomic E-state index is 8.19. The lowest BCUT2D eigenvalue weighted by Crippen LogP contribution is -1.97. The van der Waals surface area contributed by atoms with Crippen molar-refractivity contribution in [1.29, 1.82) is 5.26 Å². The third-order valence-electron chi connectivity index (χ3n) is 2.54. The maximum atomic E-state index is 8.19. The second-order valence-corrected chi connectivity index (χ2v) is 4.65. The van der Waals surface area contributed by atoms with Crippen LogP contribution in [0.1, 0.15) is 11.1 Å². The van der Waals surface area contributed by atoms with E-state index in [0.29, 0.717) is 0 Å². The second-order valence-electron chi connectivity index (χ2n) is 3.84. The lowest BCUT2D eigenvalue weighted by atomic mass is 10.1. The Kier molecular flexibility index (Phi) is 4.09. The maximum Gasteiger partial charge on any atom is 0.299 e. The topological polar surface area (TPSA) is 36.0 Å². The number of hydrogen-bond donors (Lipinski definition) is 0. The fourth-order valence-electron chi connectivity index (χ4n) is 1.53. The van der Waals surface area contributed by atoms with Gasteiger partial charge in [0.05, 0.1) is 12.0 Å². The van der Waals surface area contributed by atoms with Gasteiger partial charge in [-0.05, 0) is 17.5 Å². The van der Waals surface area contributed by atoms with Gasteiger partial charge in [0.25, 0.3) is 6.26 Å². The Bertz CT molecular complexity index is 368. The molecule has 0 radical (unpaired) electrons. The summed E-state index contributed by atoms with van der Waals surface area (Å²) in [6, 6.07) is 8.68. The van der Waals surface area contributed by atoms with E-state index in [0.717, 1.165) is 18.7 Å². The molecule has 0 aliphatic carbocycles. The van der Waals surface area contributed by atoms with Crippen molar-refractivity contribution in [2.24, 2.45) is 0 Å². The summed E-state index contributed by atoms with van der Waals surface area (Å²) in [5.41, 5.74) is 2.67. The van der Waals surface area contributed by atoms with Crippen molar-refractivity contribution in [2.75, 3.05) is 18.8 Å². The number of aryl methyl sites for hydroxylation is 1. The highest BCUT2D eigenvalue weighted by Gasteiger charge is 2.16. The molecule has 0 aromatic heterocycles. The summed E-state index contributed by atoms with van der Waals surface area (Å²) in [5.74, 6) is 0.818. The summed E-state index contributed by atoms with van der Waals surface area (Å²) in [6.45, 7) is 3.56. The van der Waals surface area contributed by atoms with Crippen LogP contribution in [0.4, 0.5) is 0 Å². The quantitative estimate of drug-likeness (QED) is 0.327. The highest BCUT2D eigenvalue weighted by atomic mass is 32.2. The van der Waals surface area contributed by atoms with Crippen molar-refractivity contribution in [3.63, 3.8) is 0 Å². The molecule has 0 saturated carbocycles. The zero-order chi connectivity index (χ0) is 11.2. The molecule has 1 saturated heterocycles. The molecule has 84 valence electrons. The molecule has 2 rings (SSSR count). The van der Waals surface area contributed by atoms with Crippen LogP contribution < -0.4 is 0 Å². The molecule has 1 fully saturated rings. The molecule has 16 heavy (non-hydrogen) atoms. The minimum atomic E-state index is 0.818. The number of benzene rings is 1. The van der Waals surface area contributed by atoms with Crippen LogP contribution in [0.3, 0.4) is 0 Å². The van der Waals surface area contributed by atoms with Gasteiger partial charge in [0.1, 0.15) is 0 Å². The van der Waals surface area contributed by atoms with E-state index in [1.54, 1.807) is 6.26 Å². The SMILES string of the molecule is N#COSCCc1ccc(CN2CC2)cc1. The molecule has 0 unspecified atom stereocenters. The van der Waals surface area contributed by atoms with Crippen molar-refractivity contribution in [3.05, 3.63) is 35.4 Å². The molecule has 1 heterocycles. The number of nitriles is 1. The Morgan fingerprint density at radius 2 is 1.94 bits per heavy atom. The molecule has 0 bridgehead atoms. The van der Waals surface area contributed by atoms with E-state index in [1.165, 1.54) is 36.3 Å². The average molecular weight is 234 g/mol. The van der Waals surface area contributed by atoms with Gasteiger partial charge in [-0.1, -0.05) is 24.3 Å². The fourth-order valence-corrected chi connectivity index (χ4v) is 1.98. The van der Waals surface area contributed by atoms with Crippen molar-refractivity contribution >= 4 is 12.0 Å². The van der Waals surface area contributed by atoms with Crippen LogP contribution in [-0.4, -0.2) is 23.7 Å². The van der Waals surface area contributed by atoms with Gasteiger partial charge in [0, 0.05) is 25.4 Å². The van der Waals surface area contributed by atoms with Gasteiger partial charge in [-0.2, -0.15) is 0 Å².